The number of sulfonamides is 1. The second kappa shape index (κ2) is 7.09. The van der Waals surface area contributed by atoms with Crippen molar-refractivity contribution in [3.05, 3.63) is 29.3 Å². The van der Waals surface area contributed by atoms with Crippen molar-refractivity contribution in [2.24, 2.45) is 0 Å². The van der Waals surface area contributed by atoms with E-state index in [-0.39, 0.29) is 0 Å². The van der Waals surface area contributed by atoms with Crippen LogP contribution in [0.25, 0.3) is 0 Å². The van der Waals surface area contributed by atoms with Crippen molar-refractivity contribution in [3.8, 4) is 0 Å². The summed E-state index contributed by atoms with van der Waals surface area (Å²) in [5.41, 5.74) is 1.88. The van der Waals surface area contributed by atoms with E-state index in [0.29, 0.717) is 17.3 Å². The molecule has 0 bridgehead atoms. The molecular weight excluding hydrogens is 308 g/mol. The van der Waals surface area contributed by atoms with E-state index < -0.39 is 10.0 Å². The predicted octanol–water partition coefficient (Wildman–Crippen LogP) is 2.45. The van der Waals surface area contributed by atoms with Gasteiger partial charge in [0.05, 0.1) is 4.90 Å². The first-order chi connectivity index (χ1) is 9.95. The Hall–Kier alpha value is -0.620. The maximum Gasteiger partial charge on any atom is 0.242 e. The molecule has 1 fully saturated rings. The lowest BCUT2D eigenvalue weighted by Crippen LogP contribution is -2.35. The molecule has 0 aromatic heterocycles. The molecule has 0 spiro atoms. The maximum absolute atomic E-state index is 12.6. The summed E-state index contributed by atoms with van der Waals surface area (Å²) in [7, 11) is -1.79. The Morgan fingerprint density at radius 1 is 1.29 bits per heavy atom. The van der Waals surface area contributed by atoms with Gasteiger partial charge in [-0.2, -0.15) is 4.31 Å². The Bertz CT molecular complexity index is 583. The van der Waals surface area contributed by atoms with Crippen LogP contribution in [0.1, 0.15) is 24.0 Å². The van der Waals surface area contributed by atoms with Gasteiger partial charge in [0.1, 0.15) is 0 Å². The number of nitrogens with zero attached hydrogens (tertiary/aromatic N) is 2. The number of aryl methyl sites for hydroxylation is 1. The van der Waals surface area contributed by atoms with Gasteiger partial charge >= 0.3 is 0 Å². The van der Waals surface area contributed by atoms with Crippen molar-refractivity contribution < 1.29 is 8.42 Å². The molecule has 0 radical (unpaired) electrons. The highest BCUT2D eigenvalue weighted by molar-refractivity contribution is 7.89. The second-order valence-corrected chi connectivity index (χ2v) is 7.91. The Kier molecular flexibility index (Phi) is 5.66. The summed E-state index contributed by atoms with van der Waals surface area (Å²) in [6.07, 6.45) is 2.43. The molecule has 1 aromatic rings. The molecule has 0 saturated carbocycles. The lowest BCUT2D eigenvalue weighted by atomic mass is 10.1. The van der Waals surface area contributed by atoms with Crippen molar-refractivity contribution in [1.29, 1.82) is 0 Å². The number of rotatable bonds is 6. The smallest absolute Gasteiger partial charge is 0.242 e. The van der Waals surface area contributed by atoms with Gasteiger partial charge in [-0.1, -0.05) is 6.07 Å². The lowest BCUT2D eigenvalue weighted by Gasteiger charge is -2.21. The van der Waals surface area contributed by atoms with Gasteiger partial charge in [0.15, 0.2) is 0 Å². The fourth-order valence-corrected chi connectivity index (χ4v) is 4.04. The van der Waals surface area contributed by atoms with Crippen LogP contribution in [0.5, 0.6) is 0 Å². The zero-order valence-electron chi connectivity index (χ0n) is 12.7. The Morgan fingerprint density at radius 2 is 1.95 bits per heavy atom. The average molecular weight is 331 g/mol. The monoisotopic (exact) mass is 330 g/mol. The molecule has 4 nitrogen and oxygen atoms in total. The summed E-state index contributed by atoms with van der Waals surface area (Å²) in [6.45, 7) is 5.41. The van der Waals surface area contributed by atoms with Crippen molar-refractivity contribution in [3.63, 3.8) is 0 Å². The summed E-state index contributed by atoms with van der Waals surface area (Å²) in [5.74, 6) is 0.326. The van der Waals surface area contributed by atoms with Crippen LogP contribution < -0.4 is 0 Å². The van der Waals surface area contributed by atoms with Crippen molar-refractivity contribution in [2.75, 3.05) is 33.2 Å². The van der Waals surface area contributed by atoms with Crippen LogP contribution in [-0.4, -0.2) is 50.8 Å². The lowest BCUT2D eigenvalue weighted by molar-refractivity contribution is 0.310. The largest absolute Gasteiger partial charge is 0.302 e. The number of likely N-dealkylation sites (tertiary alicyclic amines) is 1. The van der Waals surface area contributed by atoms with Gasteiger partial charge in [0.25, 0.3) is 0 Å². The van der Waals surface area contributed by atoms with E-state index in [2.05, 4.69) is 4.90 Å². The minimum absolute atomic E-state index is 0.326. The van der Waals surface area contributed by atoms with E-state index in [0.717, 1.165) is 30.8 Å². The van der Waals surface area contributed by atoms with Gasteiger partial charge < -0.3 is 4.90 Å². The normalized spacial score (nSPS) is 16.8. The van der Waals surface area contributed by atoms with Crippen LogP contribution in [0, 0.1) is 6.92 Å². The first-order valence-electron chi connectivity index (χ1n) is 7.29. The zero-order chi connectivity index (χ0) is 15.5. The second-order valence-electron chi connectivity index (χ2n) is 5.60. The van der Waals surface area contributed by atoms with E-state index in [1.807, 2.05) is 13.0 Å². The van der Waals surface area contributed by atoms with Crippen LogP contribution >= 0.6 is 11.6 Å². The van der Waals surface area contributed by atoms with Crippen molar-refractivity contribution in [2.45, 2.75) is 30.5 Å². The molecule has 118 valence electrons. The third kappa shape index (κ3) is 3.97. The molecule has 1 aliphatic rings. The van der Waals surface area contributed by atoms with E-state index in [4.69, 9.17) is 11.6 Å². The fraction of sp³-hybridized carbons (Fsp3) is 0.600. The van der Waals surface area contributed by atoms with E-state index >= 15 is 0 Å². The number of halogens is 1. The van der Waals surface area contributed by atoms with Crippen molar-refractivity contribution in [1.82, 2.24) is 9.21 Å². The van der Waals surface area contributed by atoms with E-state index in [1.165, 1.54) is 17.1 Å². The molecule has 1 saturated heterocycles. The first-order valence-corrected chi connectivity index (χ1v) is 9.27. The number of alkyl halides is 1. The molecule has 0 unspecified atom stereocenters. The number of hydrogen-bond acceptors (Lipinski definition) is 3. The summed E-state index contributed by atoms with van der Waals surface area (Å²) in [6, 6.07) is 5.16. The topological polar surface area (TPSA) is 40.6 Å². The van der Waals surface area contributed by atoms with Gasteiger partial charge in [-0.25, -0.2) is 8.42 Å². The van der Waals surface area contributed by atoms with E-state index in [1.54, 1.807) is 19.2 Å². The molecule has 2 rings (SSSR count). The predicted molar refractivity (Wildman–Crippen MR) is 86.2 cm³/mol. The molecule has 0 aliphatic carbocycles. The Labute approximate surface area is 132 Å². The maximum atomic E-state index is 12.6. The van der Waals surface area contributed by atoms with Crippen LogP contribution in [0.3, 0.4) is 0 Å². The van der Waals surface area contributed by atoms with Crippen LogP contribution in [0.15, 0.2) is 23.1 Å². The highest BCUT2D eigenvalue weighted by Crippen LogP contribution is 2.20. The van der Waals surface area contributed by atoms with E-state index in [9.17, 15) is 8.42 Å². The molecule has 0 N–H and O–H groups in total. The minimum atomic E-state index is -3.43. The third-order valence-electron chi connectivity index (χ3n) is 4.10. The van der Waals surface area contributed by atoms with Crippen molar-refractivity contribution >= 4 is 21.6 Å². The summed E-state index contributed by atoms with van der Waals surface area (Å²) in [5, 5.41) is 0. The number of hydrogen-bond donors (Lipinski definition) is 0. The van der Waals surface area contributed by atoms with Gasteiger partial charge in [0, 0.05) is 26.0 Å². The highest BCUT2D eigenvalue weighted by atomic mass is 35.5. The molecular formula is C15H23ClN2O2S. The molecule has 1 aliphatic heterocycles. The Balaban J connectivity index is 2.08. The summed E-state index contributed by atoms with van der Waals surface area (Å²) < 4.78 is 26.6. The summed E-state index contributed by atoms with van der Waals surface area (Å²) >= 11 is 5.87. The molecule has 1 aromatic carbocycles. The molecule has 21 heavy (non-hydrogen) atoms. The van der Waals surface area contributed by atoms with Crippen LogP contribution in [0.2, 0.25) is 0 Å². The SMILES string of the molecule is Cc1ccc(S(=O)(=O)N(C)CCN2CCCC2)cc1CCl. The van der Waals surface area contributed by atoms with Gasteiger partial charge in [-0.15, -0.1) is 11.6 Å². The number of benzene rings is 1. The van der Waals surface area contributed by atoms with Crippen LogP contribution in [-0.2, 0) is 15.9 Å². The van der Waals surface area contributed by atoms with Gasteiger partial charge in [0.2, 0.25) is 10.0 Å². The Morgan fingerprint density at radius 3 is 2.57 bits per heavy atom. The molecule has 1 heterocycles. The summed E-state index contributed by atoms with van der Waals surface area (Å²) in [4.78, 5) is 2.64. The van der Waals surface area contributed by atoms with Gasteiger partial charge in [-0.3, -0.25) is 0 Å². The fourth-order valence-electron chi connectivity index (χ4n) is 2.54. The highest BCUT2D eigenvalue weighted by Gasteiger charge is 2.22. The third-order valence-corrected chi connectivity index (χ3v) is 6.24. The standard InChI is InChI=1S/C15H23ClN2O2S/c1-13-5-6-15(11-14(13)12-16)21(19,20)17(2)9-10-18-7-3-4-8-18/h5-6,11H,3-4,7-10,12H2,1-2H3. The van der Waals surface area contributed by atoms with Crippen LogP contribution in [0.4, 0.5) is 0 Å². The zero-order valence-corrected chi connectivity index (χ0v) is 14.3. The molecule has 0 amide bonds. The van der Waals surface area contributed by atoms with Gasteiger partial charge in [-0.05, 0) is 56.1 Å². The molecule has 6 heteroatoms. The minimum Gasteiger partial charge on any atom is -0.302 e. The quantitative estimate of drug-likeness (QED) is 0.752. The number of likely N-dealkylation sites (N-methyl/N-ethyl adjacent to an activating group) is 1. The molecule has 0 atom stereocenters. The average Bonchev–Trinajstić information content (AvgIpc) is 2.98. The first kappa shape index (κ1) is 16.7.